The van der Waals surface area contributed by atoms with Crippen LogP contribution >= 0.6 is 0 Å². The lowest BCUT2D eigenvalue weighted by Crippen LogP contribution is -2.54. The molecule has 2 aliphatic rings. The van der Waals surface area contributed by atoms with Crippen molar-refractivity contribution in [1.29, 1.82) is 0 Å². The highest BCUT2D eigenvalue weighted by Gasteiger charge is 2.36. The molecule has 2 N–H and O–H groups in total. The number of benzene rings is 1. The lowest BCUT2D eigenvalue weighted by Gasteiger charge is -2.41. The molecule has 0 unspecified atom stereocenters. The molecule has 3 rings (SSSR count). The molecule has 0 saturated carbocycles. The molecule has 1 aliphatic carbocycles. The normalized spacial score (nSPS) is 28.5. The van der Waals surface area contributed by atoms with Crippen LogP contribution in [0.4, 0.5) is 0 Å². The van der Waals surface area contributed by atoms with Gasteiger partial charge >= 0.3 is 0 Å². The third-order valence-corrected chi connectivity index (χ3v) is 5.18. The van der Waals surface area contributed by atoms with Crippen LogP contribution in [0.15, 0.2) is 24.3 Å². The quantitative estimate of drug-likeness (QED) is 0.869. The van der Waals surface area contributed by atoms with Gasteiger partial charge in [0.25, 0.3) is 0 Å². The van der Waals surface area contributed by atoms with E-state index in [0.717, 1.165) is 44.6 Å². The Kier molecular flexibility index (Phi) is 4.60. The first-order valence-corrected chi connectivity index (χ1v) is 8.09. The van der Waals surface area contributed by atoms with Gasteiger partial charge in [-0.3, -0.25) is 9.80 Å². The van der Waals surface area contributed by atoms with Crippen molar-refractivity contribution in [2.45, 2.75) is 38.0 Å². The van der Waals surface area contributed by atoms with Crippen LogP contribution in [0.5, 0.6) is 0 Å². The number of rotatable bonds is 4. The van der Waals surface area contributed by atoms with E-state index in [4.69, 9.17) is 0 Å². The van der Waals surface area contributed by atoms with Gasteiger partial charge in [-0.25, -0.2) is 0 Å². The standard InChI is InChI=1S/C17H26N2O2/c1-2-14(12-20)18-7-9-19(10-8-18)16-11-13-5-3-4-6-15(13)17(16)21/h3-6,14,16-17,20-21H,2,7-12H2,1H3/t14-,16+,17+/m1/s1. The Morgan fingerprint density at radius 1 is 1.19 bits per heavy atom. The Balaban J connectivity index is 1.61. The van der Waals surface area contributed by atoms with Gasteiger partial charge in [0.05, 0.1) is 12.7 Å². The molecule has 4 nitrogen and oxygen atoms in total. The van der Waals surface area contributed by atoms with E-state index in [9.17, 15) is 10.2 Å². The Hall–Kier alpha value is -0.940. The molecular weight excluding hydrogens is 264 g/mol. The van der Waals surface area contributed by atoms with Crippen LogP contribution in [0.3, 0.4) is 0 Å². The highest BCUT2D eigenvalue weighted by atomic mass is 16.3. The fourth-order valence-electron chi connectivity index (χ4n) is 3.82. The van der Waals surface area contributed by atoms with Gasteiger partial charge < -0.3 is 10.2 Å². The molecule has 1 saturated heterocycles. The maximum Gasteiger partial charge on any atom is 0.0951 e. The molecule has 0 spiro atoms. The molecule has 0 aromatic heterocycles. The van der Waals surface area contributed by atoms with E-state index < -0.39 is 0 Å². The highest BCUT2D eigenvalue weighted by molar-refractivity contribution is 5.35. The summed E-state index contributed by atoms with van der Waals surface area (Å²) in [6.07, 6.45) is 1.59. The summed E-state index contributed by atoms with van der Waals surface area (Å²) in [7, 11) is 0. The fourth-order valence-corrected chi connectivity index (χ4v) is 3.82. The average Bonchev–Trinajstić information content (AvgIpc) is 2.87. The van der Waals surface area contributed by atoms with Crippen LogP contribution < -0.4 is 0 Å². The van der Waals surface area contributed by atoms with Gasteiger partial charge in [0, 0.05) is 38.3 Å². The topological polar surface area (TPSA) is 46.9 Å². The summed E-state index contributed by atoms with van der Waals surface area (Å²) in [5.74, 6) is 0. The van der Waals surface area contributed by atoms with Crippen LogP contribution in [0.1, 0.15) is 30.6 Å². The third-order valence-electron chi connectivity index (χ3n) is 5.18. The van der Waals surface area contributed by atoms with Crippen LogP contribution in [0.25, 0.3) is 0 Å². The molecule has 4 heteroatoms. The van der Waals surface area contributed by atoms with Crippen molar-refractivity contribution in [3.63, 3.8) is 0 Å². The Labute approximate surface area is 127 Å². The van der Waals surface area contributed by atoms with Gasteiger partial charge in [-0.15, -0.1) is 0 Å². The summed E-state index contributed by atoms with van der Waals surface area (Å²) in [6.45, 7) is 6.30. The fraction of sp³-hybridized carbons (Fsp3) is 0.647. The Morgan fingerprint density at radius 3 is 2.52 bits per heavy atom. The maximum absolute atomic E-state index is 10.6. The zero-order valence-electron chi connectivity index (χ0n) is 12.8. The molecule has 3 atom stereocenters. The van der Waals surface area contributed by atoms with Crippen molar-refractivity contribution in [2.75, 3.05) is 32.8 Å². The first-order valence-electron chi connectivity index (χ1n) is 8.09. The first kappa shape index (κ1) is 15.0. The van der Waals surface area contributed by atoms with Gasteiger partial charge in [0.15, 0.2) is 0 Å². The Morgan fingerprint density at radius 2 is 1.90 bits per heavy atom. The van der Waals surface area contributed by atoms with E-state index in [0.29, 0.717) is 0 Å². The van der Waals surface area contributed by atoms with Gasteiger partial charge in [0.2, 0.25) is 0 Å². The molecule has 0 bridgehead atoms. The molecule has 0 amide bonds. The number of nitrogens with zero attached hydrogens (tertiary/aromatic N) is 2. The van der Waals surface area contributed by atoms with Crippen LogP contribution in [0.2, 0.25) is 0 Å². The second kappa shape index (κ2) is 6.44. The number of fused-ring (bicyclic) bond motifs is 1. The molecule has 1 fully saturated rings. The third kappa shape index (κ3) is 2.86. The molecule has 0 radical (unpaired) electrons. The molecular formula is C17H26N2O2. The first-order chi connectivity index (χ1) is 10.2. The van der Waals surface area contributed by atoms with E-state index in [1.54, 1.807) is 0 Å². The number of hydrogen-bond donors (Lipinski definition) is 2. The smallest absolute Gasteiger partial charge is 0.0951 e. The summed E-state index contributed by atoms with van der Waals surface area (Å²) < 4.78 is 0. The zero-order valence-corrected chi connectivity index (χ0v) is 12.8. The second-order valence-electron chi connectivity index (χ2n) is 6.23. The van der Waals surface area contributed by atoms with Crippen LogP contribution in [0, 0.1) is 0 Å². The van der Waals surface area contributed by atoms with E-state index in [-0.39, 0.29) is 24.8 Å². The molecule has 1 aromatic carbocycles. The summed E-state index contributed by atoms with van der Waals surface area (Å²) in [5.41, 5.74) is 2.39. The van der Waals surface area contributed by atoms with E-state index in [1.165, 1.54) is 5.56 Å². The molecule has 1 aliphatic heterocycles. The van der Waals surface area contributed by atoms with Crippen LogP contribution in [-0.2, 0) is 6.42 Å². The SMILES string of the molecule is CC[C@H](CO)N1CCN([C@H]2Cc3ccccc3[C@@H]2O)CC1. The van der Waals surface area contributed by atoms with Crippen molar-refractivity contribution in [1.82, 2.24) is 9.80 Å². The number of hydrogen-bond acceptors (Lipinski definition) is 4. The molecule has 116 valence electrons. The van der Waals surface area contributed by atoms with Gasteiger partial charge in [-0.1, -0.05) is 31.2 Å². The minimum atomic E-state index is -0.354. The number of aliphatic hydroxyl groups is 2. The van der Waals surface area contributed by atoms with Crippen molar-refractivity contribution >= 4 is 0 Å². The van der Waals surface area contributed by atoms with Crippen molar-refractivity contribution in [3.05, 3.63) is 35.4 Å². The number of aliphatic hydroxyl groups excluding tert-OH is 2. The minimum Gasteiger partial charge on any atom is -0.395 e. The number of piperazine rings is 1. The van der Waals surface area contributed by atoms with Crippen molar-refractivity contribution < 1.29 is 10.2 Å². The second-order valence-corrected chi connectivity index (χ2v) is 6.23. The monoisotopic (exact) mass is 290 g/mol. The summed E-state index contributed by atoms with van der Waals surface area (Å²) in [4.78, 5) is 4.80. The molecule has 1 aromatic rings. The predicted molar refractivity (Wildman–Crippen MR) is 83.2 cm³/mol. The largest absolute Gasteiger partial charge is 0.395 e. The lowest BCUT2D eigenvalue weighted by atomic mass is 10.1. The van der Waals surface area contributed by atoms with E-state index >= 15 is 0 Å². The zero-order chi connectivity index (χ0) is 14.8. The van der Waals surface area contributed by atoms with Gasteiger partial charge in [-0.2, -0.15) is 0 Å². The maximum atomic E-state index is 10.6. The highest BCUT2D eigenvalue weighted by Crippen LogP contribution is 2.34. The molecule has 1 heterocycles. The minimum absolute atomic E-state index is 0.221. The lowest BCUT2D eigenvalue weighted by molar-refractivity contribution is 0.00755. The average molecular weight is 290 g/mol. The predicted octanol–water partition coefficient (Wildman–Crippen LogP) is 1.03. The van der Waals surface area contributed by atoms with Crippen molar-refractivity contribution in [2.24, 2.45) is 0 Å². The van der Waals surface area contributed by atoms with E-state index in [2.05, 4.69) is 34.9 Å². The van der Waals surface area contributed by atoms with Crippen LogP contribution in [-0.4, -0.2) is 64.9 Å². The van der Waals surface area contributed by atoms with E-state index in [1.807, 2.05) is 6.07 Å². The summed E-state index contributed by atoms with van der Waals surface area (Å²) >= 11 is 0. The van der Waals surface area contributed by atoms with Crippen molar-refractivity contribution in [3.8, 4) is 0 Å². The summed E-state index contributed by atoms with van der Waals surface area (Å²) in [5, 5.41) is 20.0. The van der Waals surface area contributed by atoms with Gasteiger partial charge in [0.1, 0.15) is 0 Å². The summed E-state index contributed by atoms with van der Waals surface area (Å²) in [6, 6.07) is 8.76. The molecule has 21 heavy (non-hydrogen) atoms. The Bertz CT molecular complexity index is 468. The van der Waals surface area contributed by atoms with Gasteiger partial charge in [-0.05, 0) is 24.0 Å².